The molecule has 0 saturated carbocycles. The van der Waals surface area contributed by atoms with Gasteiger partial charge >= 0.3 is 0 Å². The zero-order valence-electron chi connectivity index (χ0n) is 16.2. The van der Waals surface area contributed by atoms with Crippen molar-refractivity contribution in [3.8, 4) is 0 Å². The van der Waals surface area contributed by atoms with Crippen molar-refractivity contribution in [1.82, 2.24) is 19.9 Å². The standard InChI is InChI=1S/C17H28N6O2S/c1-6-8-9-23-16(13(7-2)22(4)5)19-20-17(23)26-11-15(24)18-14-10-12(3)25-21-14/h10,13H,6-9,11H2,1-5H3,(H,18,21,24)/p+1/t13-/m0/s1. The molecule has 2 heterocycles. The third-order valence-electron chi connectivity index (χ3n) is 4.13. The molecule has 0 aliphatic rings. The number of hydrogen-bond acceptors (Lipinski definition) is 6. The number of nitrogens with one attached hydrogen (secondary N) is 2. The van der Waals surface area contributed by atoms with Crippen molar-refractivity contribution in [2.24, 2.45) is 0 Å². The first-order valence-electron chi connectivity index (χ1n) is 9.05. The Morgan fingerprint density at radius 1 is 1.38 bits per heavy atom. The largest absolute Gasteiger partial charge is 0.360 e. The van der Waals surface area contributed by atoms with Gasteiger partial charge in [-0.25, -0.2) is 0 Å². The van der Waals surface area contributed by atoms with Crippen molar-refractivity contribution in [2.75, 3.05) is 25.2 Å². The SMILES string of the molecule is CCCCn1c(SCC(=O)Nc2cc(C)on2)nnc1[C@H](CC)[NH+](C)C. The van der Waals surface area contributed by atoms with Gasteiger partial charge in [0.1, 0.15) is 11.8 Å². The van der Waals surface area contributed by atoms with Gasteiger partial charge in [-0.05, 0) is 13.3 Å². The number of hydrogen-bond donors (Lipinski definition) is 2. The Morgan fingerprint density at radius 3 is 2.73 bits per heavy atom. The summed E-state index contributed by atoms with van der Waals surface area (Å²) in [6.07, 6.45) is 3.14. The fourth-order valence-electron chi connectivity index (χ4n) is 2.77. The van der Waals surface area contributed by atoms with Gasteiger partial charge in [-0.3, -0.25) is 4.79 Å². The van der Waals surface area contributed by atoms with E-state index < -0.39 is 0 Å². The van der Waals surface area contributed by atoms with Crippen LogP contribution in [0, 0.1) is 6.92 Å². The summed E-state index contributed by atoms with van der Waals surface area (Å²) in [6, 6.07) is 1.98. The Morgan fingerprint density at radius 2 is 2.15 bits per heavy atom. The molecule has 0 aliphatic carbocycles. The van der Waals surface area contributed by atoms with Gasteiger partial charge in [0.15, 0.2) is 16.8 Å². The maximum Gasteiger partial charge on any atom is 0.236 e. The number of amides is 1. The molecule has 2 aromatic rings. The van der Waals surface area contributed by atoms with E-state index in [-0.39, 0.29) is 11.7 Å². The molecule has 1 amide bonds. The van der Waals surface area contributed by atoms with E-state index >= 15 is 0 Å². The number of carbonyl (C=O) groups excluding carboxylic acids is 1. The molecule has 8 nitrogen and oxygen atoms in total. The average Bonchev–Trinajstić information content (AvgIpc) is 3.18. The second-order valence-corrected chi connectivity index (χ2v) is 7.49. The topological polar surface area (TPSA) is 90.3 Å². The van der Waals surface area contributed by atoms with Crippen LogP contribution in [0.3, 0.4) is 0 Å². The summed E-state index contributed by atoms with van der Waals surface area (Å²) in [5.74, 6) is 2.20. The van der Waals surface area contributed by atoms with Crippen molar-refractivity contribution in [1.29, 1.82) is 0 Å². The molecule has 144 valence electrons. The molecule has 2 aromatic heterocycles. The molecule has 26 heavy (non-hydrogen) atoms. The van der Waals surface area contributed by atoms with Gasteiger partial charge in [0.25, 0.3) is 0 Å². The number of carbonyl (C=O) groups is 1. The van der Waals surface area contributed by atoms with Crippen LogP contribution in [0.4, 0.5) is 5.82 Å². The van der Waals surface area contributed by atoms with Crippen LogP contribution in [0.15, 0.2) is 15.7 Å². The molecule has 0 bridgehead atoms. The summed E-state index contributed by atoms with van der Waals surface area (Å²) in [4.78, 5) is 13.5. The lowest BCUT2D eigenvalue weighted by Crippen LogP contribution is -3.06. The quantitative estimate of drug-likeness (QED) is 0.609. The highest BCUT2D eigenvalue weighted by atomic mass is 32.2. The molecule has 0 aromatic carbocycles. The molecule has 9 heteroatoms. The van der Waals surface area contributed by atoms with E-state index in [4.69, 9.17) is 4.52 Å². The Labute approximate surface area is 158 Å². The van der Waals surface area contributed by atoms with E-state index in [1.807, 2.05) is 0 Å². The van der Waals surface area contributed by atoms with E-state index in [1.165, 1.54) is 16.7 Å². The van der Waals surface area contributed by atoms with Crippen LogP contribution in [0.2, 0.25) is 0 Å². The van der Waals surface area contributed by atoms with Crippen LogP contribution < -0.4 is 10.2 Å². The molecule has 0 spiro atoms. The number of anilines is 1. The van der Waals surface area contributed by atoms with Gasteiger partial charge in [-0.15, -0.1) is 10.2 Å². The lowest BCUT2D eigenvalue weighted by Gasteiger charge is -2.20. The Balaban J connectivity index is 2.07. The Bertz CT molecular complexity index is 712. The normalized spacial score (nSPS) is 12.5. The molecule has 1 atom stereocenters. The number of nitrogens with zero attached hydrogens (tertiary/aromatic N) is 4. The smallest absolute Gasteiger partial charge is 0.236 e. The van der Waals surface area contributed by atoms with Gasteiger partial charge in [0, 0.05) is 19.0 Å². The number of aryl methyl sites for hydroxylation is 1. The zero-order chi connectivity index (χ0) is 19.1. The first kappa shape index (κ1) is 20.4. The van der Waals surface area contributed by atoms with E-state index in [9.17, 15) is 4.79 Å². The number of unbranched alkanes of at least 4 members (excludes halogenated alkanes) is 1. The maximum absolute atomic E-state index is 12.2. The summed E-state index contributed by atoms with van der Waals surface area (Å²) in [5.41, 5.74) is 0. The predicted octanol–water partition coefficient (Wildman–Crippen LogP) is 1.70. The van der Waals surface area contributed by atoms with Crippen LogP contribution in [0.1, 0.15) is 50.7 Å². The second kappa shape index (κ2) is 9.72. The van der Waals surface area contributed by atoms with Crippen LogP contribution in [-0.4, -0.2) is 45.7 Å². The van der Waals surface area contributed by atoms with Crippen LogP contribution in [0.5, 0.6) is 0 Å². The van der Waals surface area contributed by atoms with Crippen molar-refractivity contribution in [3.63, 3.8) is 0 Å². The third-order valence-corrected chi connectivity index (χ3v) is 5.09. The average molecular weight is 382 g/mol. The second-order valence-electron chi connectivity index (χ2n) is 6.54. The number of aromatic nitrogens is 4. The van der Waals surface area contributed by atoms with Crippen molar-refractivity contribution in [2.45, 2.75) is 57.8 Å². The molecule has 0 fully saturated rings. The Kier molecular flexibility index (Phi) is 7.65. The number of rotatable bonds is 10. The Hall–Kier alpha value is -1.87. The van der Waals surface area contributed by atoms with Gasteiger partial charge in [0.2, 0.25) is 5.91 Å². The third kappa shape index (κ3) is 5.31. The summed E-state index contributed by atoms with van der Waals surface area (Å²) in [6.45, 7) is 6.98. The molecule has 2 rings (SSSR count). The van der Waals surface area contributed by atoms with Gasteiger partial charge in [0.05, 0.1) is 19.8 Å². The van der Waals surface area contributed by atoms with Gasteiger partial charge in [-0.1, -0.05) is 37.2 Å². The molecular formula is C17H29N6O2S+. The van der Waals surface area contributed by atoms with Gasteiger partial charge in [-0.2, -0.15) is 0 Å². The molecule has 0 saturated heterocycles. The molecule has 2 N–H and O–H groups in total. The fraction of sp³-hybridized carbons (Fsp3) is 0.647. The monoisotopic (exact) mass is 381 g/mol. The minimum atomic E-state index is -0.139. The van der Waals surface area contributed by atoms with E-state index in [2.05, 4.69) is 53.2 Å². The summed E-state index contributed by atoms with van der Waals surface area (Å²) in [5, 5.41) is 16.1. The molecule has 0 aliphatic heterocycles. The lowest BCUT2D eigenvalue weighted by molar-refractivity contribution is -0.893. The van der Waals surface area contributed by atoms with Crippen molar-refractivity contribution >= 4 is 23.5 Å². The van der Waals surface area contributed by atoms with Crippen LogP contribution >= 0.6 is 11.8 Å². The maximum atomic E-state index is 12.2. The highest BCUT2D eigenvalue weighted by molar-refractivity contribution is 7.99. The highest BCUT2D eigenvalue weighted by Crippen LogP contribution is 2.22. The van der Waals surface area contributed by atoms with Crippen molar-refractivity contribution in [3.05, 3.63) is 17.7 Å². The summed E-state index contributed by atoms with van der Waals surface area (Å²) < 4.78 is 7.13. The predicted molar refractivity (Wildman–Crippen MR) is 101 cm³/mol. The first-order chi connectivity index (χ1) is 12.5. The highest BCUT2D eigenvalue weighted by Gasteiger charge is 2.25. The van der Waals surface area contributed by atoms with Gasteiger partial charge < -0.3 is 19.3 Å². The van der Waals surface area contributed by atoms with E-state index in [0.29, 0.717) is 17.6 Å². The summed E-state index contributed by atoms with van der Waals surface area (Å²) in [7, 11) is 4.26. The number of thioether (sulfide) groups is 1. The van der Waals surface area contributed by atoms with Crippen molar-refractivity contribution < 1.29 is 14.2 Å². The zero-order valence-corrected chi connectivity index (χ0v) is 17.0. The molecule has 0 unspecified atom stereocenters. The lowest BCUT2D eigenvalue weighted by atomic mass is 10.2. The molecular weight excluding hydrogens is 352 g/mol. The fourth-order valence-corrected chi connectivity index (χ4v) is 3.55. The van der Waals surface area contributed by atoms with Crippen LogP contribution in [-0.2, 0) is 11.3 Å². The number of quaternary nitrogens is 1. The first-order valence-corrected chi connectivity index (χ1v) is 10.0. The minimum absolute atomic E-state index is 0.139. The van der Waals surface area contributed by atoms with Crippen LogP contribution in [0.25, 0.3) is 0 Å². The summed E-state index contributed by atoms with van der Waals surface area (Å²) >= 11 is 1.40. The van der Waals surface area contributed by atoms with E-state index in [1.54, 1.807) is 13.0 Å². The molecule has 0 radical (unpaired) electrons. The van der Waals surface area contributed by atoms with E-state index in [0.717, 1.165) is 36.8 Å². The minimum Gasteiger partial charge on any atom is -0.360 e.